The van der Waals surface area contributed by atoms with Crippen LogP contribution in [0, 0.1) is 10.1 Å². The van der Waals surface area contributed by atoms with E-state index in [4.69, 9.17) is 16.3 Å². The summed E-state index contributed by atoms with van der Waals surface area (Å²) in [5.74, 6) is -0.752. The summed E-state index contributed by atoms with van der Waals surface area (Å²) < 4.78 is 4.73. The van der Waals surface area contributed by atoms with Gasteiger partial charge in [0.25, 0.3) is 5.69 Å². The van der Waals surface area contributed by atoms with E-state index >= 15 is 0 Å². The lowest BCUT2D eigenvalue weighted by molar-refractivity contribution is -0.384. The minimum atomic E-state index is -0.594. The second-order valence-electron chi connectivity index (χ2n) is 5.35. The predicted octanol–water partition coefficient (Wildman–Crippen LogP) is 3.49. The van der Waals surface area contributed by atoms with Crippen molar-refractivity contribution < 1.29 is 19.2 Å². The zero-order valence-corrected chi connectivity index (χ0v) is 15.0. The molecule has 2 aromatic carbocycles. The van der Waals surface area contributed by atoms with Crippen molar-refractivity contribution >= 4 is 46.6 Å². The first-order valence-electron chi connectivity index (χ1n) is 7.71. The molecular formula is C18H16ClN3O5. The van der Waals surface area contributed by atoms with E-state index in [2.05, 4.69) is 10.6 Å². The second kappa shape index (κ2) is 9.46. The van der Waals surface area contributed by atoms with Gasteiger partial charge in [-0.3, -0.25) is 19.7 Å². The number of nitrogens with one attached hydrogen (secondary N) is 2. The van der Waals surface area contributed by atoms with Gasteiger partial charge in [0.05, 0.1) is 4.92 Å². The molecule has 9 heteroatoms. The van der Waals surface area contributed by atoms with Gasteiger partial charge in [0.2, 0.25) is 11.8 Å². The Morgan fingerprint density at radius 3 is 2.56 bits per heavy atom. The number of rotatable bonds is 7. The highest BCUT2D eigenvalue weighted by atomic mass is 35.5. The number of halogens is 1. The fourth-order valence-electron chi connectivity index (χ4n) is 2.13. The molecule has 27 heavy (non-hydrogen) atoms. The second-order valence-corrected chi connectivity index (χ2v) is 5.76. The largest absolute Gasteiger partial charge is 0.375 e. The molecule has 0 saturated heterocycles. The van der Waals surface area contributed by atoms with E-state index in [1.165, 1.54) is 31.4 Å². The van der Waals surface area contributed by atoms with Crippen LogP contribution in [0.25, 0.3) is 6.08 Å². The van der Waals surface area contributed by atoms with Crippen LogP contribution in [0.3, 0.4) is 0 Å². The van der Waals surface area contributed by atoms with Crippen molar-refractivity contribution in [1.29, 1.82) is 0 Å². The Hall–Kier alpha value is -3.23. The number of carbonyl (C=O) groups excluding carboxylic acids is 2. The van der Waals surface area contributed by atoms with Gasteiger partial charge >= 0.3 is 0 Å². The zero-order valence-electron chi connectivity index (χ0n) is 14.3. The minimum absolute atomic E-state index is 0.0222. The van der Waals surface area contributed by atoms with Gasteiger partial charge in [-0.15, -0.1) is 0 Å². The lowest BCUT2D eigenvalue weighted by Crippen LogP contribution is -2.17. The number of hydrogen-bond acceptors (Lipinski definition) is 5. The number of ether oxygens (including phenoxy) is 1. The first-order valence-corrected chi connectivity index (χ1v) is 8.08. The Morgan fingerprint density at radius 2 is 1.89 bits per heavy atom. The maximum Gasteiger partial charge on any atom is 0.288 e. The Balaban J connectivity index is 2.03. The summed E-state index contributed by atoms with van der Waals surface area (Å²) in [6, 6.07) is 10.8. The van der Waals surface area contributed by atoms with Crippen molar-refractivity contribution in [1.82, 2.24) is 0 Å². The fourth-order valence-corrected chi connectivity index (χ4v) is 2.32. The Bertz CT molecular complexity index is 898. The molecule has 0 bridgehead atoms. The van der Waals surface area contributed by atoms with Gasteiger partial charge in [-0.25, -0.2) is 0 Å². The standard InChI is InChI=1S/C18H16ClN3O5/c1-27-11-18(24)21-14-4-2-3-13(10-14)20-17(23)8-6-12-5-7-15(19)16(9-12)22(25)26/h2-10H,11H2,1H3,(H,20,23)(H,21,24)/b8-6+. The summed E-state index contributed by atoms with van der Waals surface area (Å²) in [6.07, 6.45) is 2.67. The molecule has 140 valence electrons. The van der Waals surface area contributed by atoms with E-state index in [1.54, 1.807) is 30.3 Å². The van der Waals surface area contributed by atoms with Gasteiger partial charge < -0.3 is 15.4 Å². The van der Waals surface area contributed by atoms with Crippen LogP contribution in [0.5, 0.6) is 0 Å². The Morgan fingerprint density at radius 1 is 1.19 bits per heavy atom. The quantitative estimate of drug-likeness (QED) is 0.428. The molecule has 0 fully saturated rings. The van der Waals surface area contributed by atoms with Crippen LogP contribution in [0.1, 0.15) is 5.56 Å². The van der Waals surface area contributed by atoms with Crippen molar-refractivity contribution in [2.75, 3.05) is 24.4 Å². The van der Waals surface area contributed by atoms with Crippen LogP contribution in [-0.2, 0) is 14.3 Å². The summed E-state index contributed by atoms with van der Waals surface area (Å²) in [4.78, 5) is 33.8. The third kappa shape index (κ3) is 6.21. The van der Waals surface area contributed by atoms with Crippen molar-refractivity contribution in [2.24, 2.45) is 0 Å². The summed E-state index contributed by atoms with van der Waals surface area (Å²) in [7, 11) is 1.41. The molecule has 2 amide bonds. The van der Waals surface area contributed by atoms with Gasteiger partial charge in [0, 0.05) is 30.6 Å². The molecule has 0 aliphatic rings. The highest BCUT2D eigenvalue weighted by Gasteiger charge is 2.11. The number of amides is 2. The van der Waals surface area contributed by atoms with E-state index < -0.39 is 10.8 Å². The molecule has 0 aliphatic heterocycles. The highest BCUT2D eigenvalue weighted by molar-refractivity contribution is 6.32. The maximum absolute atomic E-state index is 12.0. The first kappa shape index (κ1) is 20.1. The molecule has 0 atom stereocenters. The molecule has 2 aromatic rings. The van der Waals surface area contributed by atoms with Crippen LogP contribution in [0.2, 0.25) is 5.02 Å². The average molecular weight is 390 g/mol. The van der Waals surface area contributed by atoms with Crippen LogP contribution < -0.4 is 10.6 Å². The SMILES string of the molecule is COCC(=O)Nc1cccc(NC(=O)/C=C/c2ccc(Cl)c([N+](=O)[O-])c2)c1. The number of nitro benzene ring substituents is 1. The average Bonchev–Trinajstić information content (AvgIpc) is 2.61. The number of hydrogen-bond donors (Lipinski definition) is 2. The van der Waals surface area contributed by atoms with E-state index in [9.17, 15) is 19.7 Å². The summed E-state index contributed by atoms with van der Waals surface area (Å²) >= 11 is 5.75. The van der Waals surface area contributed by atoms with Crippen molar-refractivity contribution in [3.05, 3.63) is 69.2 Å². The lowest BCUT2D eigenvalue weighted by Gasteiger charge is -2.07. The molecular weight excluding hydrogens is 374 g/mol. The van der Waals surface area contributed by atoms with E-state index in [0.29, 0.717) is 16.9 Å². The number of methoxy groups -OCH3 is 1. The van der Waals surface area contributed by atoms with Crippen LogP contribution in [0.4, 0.5) is 17.1 Å². The molecule has 0 radical (unpaired) electrons. The number of nitrogens with zero attached hydrogens (tertiary/aromatic N) is 1. The fraction of sp³-hybridized carbons (Fsp3) is 0.111. The zero-order chi connectivity index (χ0) is 19.8. The number of anilines is 2. The third-order valence-electron chi connectivity index (χ3n) is 3.28. The van der Waals surface area contributed by atoms with Gasteiger partial charge in [-0.05, 0) is 35.9 Å². The smallest absolute Gasteiger partial charge is 0.288 e. The number of carbonyl (C=O) groups is 2. The number of nitro groups is 1. The van der Waals surface area contributed by atoms with Crippen molar-refractivity contribution in [3.8, 4) is 0 Å². The first-order chi connectivity index (χ1) is 12.9. The topological polar surface area (TPSA) is 111 Å². The van der Waals surface area contributed by atoms with Gasteiger partial charge in [0.15, 0.2) is 0 Å². The molecule has 2 rings (SSSR count). The molecule has 2 N–H and O–H groups in total. The molecule has 0 unspecified atom stereocenters. The molecule has 0 spiro atoms. The minimum Gasteiger partial charge on any atom is -0.375 e. The van der Waals surface area contributed by atoms with Crippen molar-refractivity contribution in [3.63, 3.8) is 0 Å². The molecule has 0 aromatic heterocycles. The monoisotopic (exact) mass is 389 g/mol. The normalized spacial score (nSPS) is 10.6. The molecule has 0 aliphatic carbocycles. The molecule has 0 heterocycles. The van der Waals surface area contributed by atoms with Crippen LogP contribution in [-0.4, -0.2) is 30.5 Å². The van der Waals surface area contributed by atoms with Gasteiger partial charge in [-0.2, -0.15) is 0 Å². The lowest BCUT2D eigenvalue weighted by atomic mass is 10.2. The summed E-state index contributed by atoms with van der Waals surface area (Å²) in [5, 5.41) is 16.2. The van der Waals surface area contributed by atoms with Gasteiger partial charge in [0.1, 0.15) is 11.6 Å². The van der Waals surface area contributed by atoms with Crippen LogP contribution in [0.15, 0.2) is 48.5 Å². The molecule has 8 nitrogen and oxygen atoms in total. The Kier molecular flexibility index (Phi) is 7.04. The summed E-state index contributed by atoms with van der Waals surface area (Å²) in [5.41, 5.74) is 1.20. The third-order valence-corrected chi connectivity index (χ3v) is 3.60. The van der Waals surface area contributed by atoms with Crippen LogP contribution >= 0.6 is 11.6 Å². The van der Waals surface area contributed by atoms with Gasteiger partial charge in [-0.1, -0.05) is 23.7 Å². The highest BCUT2D eigenvalue weighted by Crippen LogP contribution is 2.25. The maximum atomic E-state index is 12.0. The molecule has 0 saturated carbocycles. The van der Waals surface area contributed by atoms with Crippen molar-refractivity contribution in [2.45, 2.75) is 0 Å². The number of benzene rings is 2. The summed E-state index contributed by atoms with van der Waals surface area (Å²) in [6.45, 7) is -0.0768. The van der Waals surface area contributed by atoms with E-state index in [-0.39, 0.29) is 23.2 Å². The van der Waals surface area contributed by atoms with E-state index in [0.717, 1.165) is 0 Å². The van der Waals surface area contributed by atoms with E-state index in [1.807, 2.05) is 0 Å². The predicted molar refractivity (Wildman–Crippen MR) is 103 cm³/mol. The Labute approximate surface area is 159 Å².